The molecule has 0 aromatic carbocycles. The number of aromatic hydroxyl groups is 1. The predicted molar refractivity (Wildman–Crippen MR) is 396 cm³/mol. The number of aliphatic hydroxyl groups is 1. The average Bonchev–Trinajstić information content (AvgIpc) is 0.998. The first-order chi connectivity index (χ1) is 45.6. The van der Waals surface area contributed by atoms with Gasteiger partial charge in [-0.3, -0.25) is 0 Å². The molecule has 9 heterocycles. The third-order valence-corrected chi connectivity index (χ3v) is 17.4. The highest BCUT2D eigenvalue weighted by molar-refractivity contribution is 9.11. The molecule has 0 radical (unpaired) electrons. The molecule has 5 saturated heterocycles. The van der Waals surface area contributed by atoms with E-state index in [9.17, 15) is 22.8 Å². The summed E-state index contributed by atoms with van der Waals surface area (Å²) in [4.78, 5) is 59.3. The lowest BCUT2D eigenvalue weighted by molar-refractivity contribution is 0.0152. The van der Waals surface area contributed by atoms with Gasteiger partial charge in [-0.05, 0) is 301 Å². The van der Waals surface area contributed by atoms with Crippen LogP contribution in [0.5, 0.6) is 23.0 Å². The van der Waals surface area contributed by atoms with Gasteiger partial charge in [-0.2, -0.15) is 0 Å². The van der Waals surface area contributed by atoms with Crippen LogP contribution in [0.25, 0.3) is 0 Å². The zero-order valence-electron chi connectivity index (χ0n) is 59.0. The Morgan fingerprint density at radius 2 is 0.784 bits per heavy atom. The van der Waals surface area contributed by atoms with Crippen LogP contribution in [0.1, 0.15) is 147 Å². The standard InChI is InChI=1S/C16H23BrN2O3.C13H19BrN2O.C12H23NO2.C11H15BrN2O.C11H21NO3.C5H4BrNO.CH3ClO2S/c1-16(2,3)22-15(20)19-8-6-12(7-9-19)11-21-13-4-5-14(17)18-10-13;1-2-16-7-5-11(6-8-16)10-17-12-3-4-13(14)15-9-12;1-5-10-6-8-13(9-7-10)11(14)15-12(2,3)4;12-11-2-1-10(7-14-11)15-8-9-3-5-13-6-4-9;1-11(2,3)15-10(14)12-6-4-9(8-13)5-7-12;6-5-2-1-4(8)3-7-5;1-5(2,3)4/h4-5,10,12H,6-9,11H2,1-3H3;3-4,9,11H,2,5-8,10H2,1H3;10H,5-9H2,1-4H3;1-2,7,9,13H,3-6,8H2;9,13H,4-8H2,1-3H3;1-3,8H;1H3. The number of carbonyl (C=O) groups excluding carboxylic acids is 3. The third-order valence-electron chi connectivity index (χ3n) is 15.5. The maximum absolute atomic E-state index is 12.0. The van der Waals surface area contributed by atoms with Crippen LogP contribution in [-0.2, 0) is 23.3 Å². The fraction of sp³-hybridized carbons (Fsp3) is 0.667. The molecule has 0 unspecified atom stereocenters. The Balaban J connectivity index is 0.000000303. The van der Waals surface area contributed by atoms with Crippen molar-refractivity contribution in [1.82, 2.24) is 44.9 Å². The summed E-state index contributed by atoms with van der Waals surface area (Å²) in [7, 11) is 1.31. The number of ether oxygens (including phenoxy) is 6. The molecule has 97 heavy (non-hydrogen) atoms. The van der Waals surface area contributed by atoms with Crippen molar-refractivity contribution >= 4 is 102 Å². The number of nitrogens with one attached hydrogen (secondary N) is 1. The van der Waals surface area contributed by atoms with Gasteiger partial charge in [0, 0.05) is 56.6 Å². The van der Waals surface area contributed by atoms with Gasteiger partial charge >= 0.3 is 18.3 Å². The average molecular weight is 1660 g/mol. The molecule has 5 fully saturated rings. The first kappa shape index (κ1) is 86.9. The summed E-state index contributed by atoms with van der Waals surface area (Å²) in [5, 5.41) is 21.0. The summed E-state index contributed by atoms with van der Waals surface area (Å²) in [6.07, 6.45) is 18.9. The van der Waals surface area contributed by atoms with Gasteiger partial charge in [-0.25, -0.2) is 42.7 Å². The zero-order chi connectivity index (χ0) is 72.2. The second kappa shape index (κ2) is 45.5. The molecule has 0 spiro atoms. The molecule has 4 aromatic heterocycles. The minimum absolute atomic E-state index is 0.156. The monoisotopic (exact) mass is 1650 g/mol. The molecule has 9 rings (SSSR count). The van der Waals surface area contributed by atoms with Crippen molar-refractivity contribution in [3.63, 3.8) is 0 Å². The lowest BCUT2D eigenvalue weighted by Crippen LogP contribution is -2.42. The van der Waals surface area contributed by atoms with Crippen LogP contribution in [0, 0.1) is 29.6 Å². The Hall–Kier alpha value is -4.35. The zero-order valence-corrected chi connectivity index (χ0v) is 66.9. The van der Waals surface area contributed by atoms with E-state index in [2.05, 4.69) is 118 Å². The van der Waals surface area contributed by atoms with Gasteiger partial charge in [0.1, 0.15) is 58.2 Å². The number of pyridine rings is 4. The maximum Gasteiger partial charge on any atom is 0.410 e. The van der Waals surface area contributed by atoms with Gasteiger partial charge in [0.25, 0.3) is 0 Å². The number of nitrogens with zero attached hydrogens (tertiary/aromatic N) is 8. The van der Waals surface area contributed by atoms with E-state index in [0.29, 0.717) is 43.4 Å². The maximum atomic E-state index is 12.0. The molecule has 3 amide bonds. The number of rotatable bonds is 12. The smallest absolute Gasteiger partial charge is 0.410 e. The molecule has 0 atom stereocenters. The summed E-state index contributed by atoms with van der Waals surface area (Å²) in [5.41, 5.74) is -1.24. The number of aromatic nitrogens is 4. The minimum Gasteiger partial charge on any atom is -0.506 e. The highest BCUT2D eigenvalue weighted by atomic mass is 79.9. The van der Waals surface area contributed by atoms with E-state index in [1.165, 1.54) is 57.9 Å². The molecule has 0 bridgehead atoms. The van der Waals surface area contributed by atoms with Crippen molar-refractivity contribution in [1.29, 1.82) is 0 Å². The van der Waals surface area contributed by atoms with E-state index in [1.807, 2.05) is 104 Å². The fourth-order valence-corrected chi connectivity index (χ4v) is 10.9. The normalized spacial score (nSPS) is 16.9. The molecular weight excluding hydrogens is 1550 g/mol. The molecule has 4 aromatic rings. The van der Waals surface area contributed by atoms with E-state index >= 15 is 0 Å². The highest BCUT2D eigenvalue weighted by Crippen LogP contribution is 2.26. The van der Waals surface area contributed by atoms with Crippen LogP contribution in [0.3, 0.4) is 0 Å². The molecule has 548 valence electrons. The molecule has 0 aliphatic carbocycles. The Morgan fingerprint density at radius 3 is 1.04 bits per heavy atom. The van der Waals surface area contributed by atoms with Crippen molar-refractivity contribution in [2.24, 2.45) is 29.6 Å². The number of hydrogen-bond acceptors (Lipinski definition) is 19. The molecular formula is C69H108Br4ClN9O13S. The quantitative estimate of drug-likeness (QED) is 0.0676. The Kier molecular flexibility index (Phi) is 40.8. The van der Waals surface area contributed by atoms with Crippen LogP contribution in [0.4, 0.5) is 14.4 Å². The number of likely N-dealkylation sites (tertiary alicyclic amines) is 4. The number of piperidine rings is 5. The number of aliphatic hydroxyl groups excluding tert-OH is 1. The van der Waals surface area contributed by atoms with Crippen LogP contribution in [-0.4, -0.2) is 198 Å². The molecule has 0 saturated carbocycles. The topological polar surface area (TPSA) is 258 Å². The summed E-state index contributed by atoms with van der Waals surface area (Å²) in [6, 6.07) is 14.7. The van der Waals surface area contributed by atoms with E-state index in [0.717, 1.165) is 139 Å². The minimum atomic E-state index is -3.19. The van der Waals surface area contributed by atoms with Crippen LogP contribution in [0.15, 0.2) is 91.7 Å². The van der Waals surface area contributed by atoms with E-state index in [-0.39, 0.29) is 36.2 Å². The van der Waals surface area contributed by atoms with Gasteiger partial charge in [-0.15, -0.1) is 0 Å². The molecule has 22 nitrogen and oxygen atoms in total. The lowest BCUT2D eigenvalue weighted by atomic mass is 9.95. The Bertz CT molecular complexity index is 2840. The van der Waals surface area contributed by atoms with Gasteiger partial charge in [0.05, 0.1) is 50.9 Å². The summed E-state index contributed by atoms with van der Waals surface area (Å²) in [6.45, 7) is 34.3. The number of amides is 3. The Morgan fingerprint density at radius 1 is 0.495 bits per heavy atom. The van der Waals surface area contributed by atoms with Crippen LogP contribution in [0.2, 0.25) is 0 Å². The highest BCUT2D eigenvalue weighted by Gasteiger charge is 2.30. The van der Waals surface area contributed by atoms with Gasteiger partial charge in [-0.1, -0.05) is 20.3 Å². The van der Waals surface area contributed by atoms with Gasteiger partial charge in [0.2, 0.25) is 9.05 Å². The number of carbonyl (C=O) groups is 3. The van der Waals surface area contributed by atoms with E-state index in [1.54, 1.807) is 40.5 Å². The molecule has 5 aliphatic heterocycles. The number of halogens is 5. The number of hydrogen-bond donors (Lipinski definition) is 3. The van der Waals surface area contributed by atoms with Crippen molar-refractivity contribution in [2.45, 2.75) is 164 Å². The largest absolute Gasteiger partial charge is 0.506 e. The first-order valence-electron chi connectivity index (χ1n) is 33.5. The summed E-state index contributed by atoms with van der Waals surface area (Å²) < 4.78 is 55.2. The van der Waals surface area contributed by atoms with E-state index < -0.39 is 20.3 Å². The second-order valence-corrected chi connectivity index (χ2v) is 33.6. The second-order valence-electron chi connectivity index (χ2n) is 27.3. The van der Waals surface area contributed by atoms with Gasteiger partial charge in [0.15, 0.2) is 0 Å². The lowest BCUT2D eigenvalue weighted by Gasteiger charge is -2.33. The Labute approximate surface area is 616 Å². The summed E-state index contributed by atoms with van der Waals surface area (Å²) in [5.74, 6) is 5.68. The molecule has 3 N–H and O–H groups in total. The van der Waals surface area contributed by atoms with E-state index in [4.69, 9.17) is 38.6 Å². The van der Waals surface area contributed by atoms with Crippen LogP contribution >= 0.6 is 74.4 Å². The van der Waals surface area contributed by atoms with Crippen molar-refractivity contribution < 1.29 is 61.4 Å². The predicted octanol–water partition coefficient (Wildman–Crippen LogP) is 15.5. The SMILES string of the molecule is Brc1ccc(OCC2CCNCC2)cn1.CC(C)(C)OC(=O)N1CCC(CO)CC1.CC(C)(C)OC(=O)N1CCC(COc2ccc(Br)nc2)CC1.CCC1CCN(C(=O)OC(C)(C)C)CC1.CCN1CCC(COc2ccc(Br)nc2)CC1.CS(=O)(=O)Cl.Oc1ccc(Br)nc1. The summed E-state index contributed by atoms with van der Waals surface area (Å²) >= 11 is 13.0. The third kappa shape index (κ3) is 42.5. The first-order valence-corrected chi connectivity index (χ1v) is 39.4. The van der Waals surface area contributed by atoms with Gasteiger partial charge < -0.3 is 63.6 Å². The fourth-order valence-electron chi connectivity index (χ4n) is 9.95. The molecule has 28 heteroatoms. The molecule has 5 aliphatic rings. The van der Waals surface area contributed by atoms with Crippen LogP contribution < -0.4 is 19.5 Å². The van der Waals surface area contributed by atoms with Crippen molar-refractivity contribution in [3.8, 4) is 23.0 Å². The van der Waals surface area contributed by atoms with Crippen molar-refractivity contribution in [2.75, 3.05) is 105 Å². The van der Waals surface area contributed by atoms with Crippen molar-refractivity contribution in [3.05, 3.63) is 91.7 Å².